The van der Waals surface area contributed by atoms with Gasteiger partial charge in [0.05, 0.1) is 5.69 Å². The highest BCUT2D eigenvalue weighted by Crippen LogP contribution is 2.22. The number of amides is 1. The fraction of sp³-hybridized carbons (Fsp3) is 0.296. The lowest BCUT2D eigenvalue weighted by atomic mass is 10.0. The second-order valence-corrected chi connectivity index (χ2v) is 10.0. The summed E-state index contributed by atoms with van der Waals surface area (Å²) in [6.45, 7) is 4.29. The third-order valence-electron chi connectivity index (χ3n) is 6.61. The van der Waals surface area contributed by atoms with Gasteiger partial charge in [0.15, 0.2) is 0 Å². The summed E-state index contributed by atoms with van der Waals surface area (Å²) in [5.41, 5.74) is 3.66. The number of aryl methyl sites for hydroxylation is 1. The number of nitrogens with zero attached hydrogens (tertiary/aromatic N) is 6. The van der Waals surface area contributed by atoms with E-state index in [0.29, 0.717) is 22.9 Å². The van der Waals surface area contributed by atoms with Crippen molar-refractivity contribution in [3.05, 3.63) is 82.7 Å². The molecule has 38 heavy (non-hydrogen) atoms. The van der Waals surface area contributed by atoms with Crippen LogP contribution in [0.2, 0.25) is 0 Å². The number of likely N-dealkylation sites (N-methyl/N-ethyl adjacent to an activating group) is 1. The van der Waals surface area contributed by atoms with Crippen molar-refractivity contribution in [3.8, 4) is 0 Å². The Kier molecular flexibility index (Phi) is 7.85. The van der Waals surface area contributed by atoms with Crippen molar-refractivity contribution >= 4 is 40.6 Å². The summed E-state index contributed by atoms with van der Waals surface area (Å²) in [6.07, 6.45) is 3.66. The van der Waals surface area contributed by atoms with Crippen LogP contribution in [0.5, 0.6) is 0 Å². The predicted molar refractivity (Wildman–Crippen MR) is 146 cm³/mol. The number of likely N-dealkylation sites (tertiary alicyclic amines) is 1. The minimum Gasteiger partial charge on any atom is -0.340 e. The maximum atomic E-state index is 13.5. The van der Waals surface area contributed by atoms with Gasteiger partial charge in [0.1, 0.15) is 11.6 Å². The summed E-state index contributed by atoms with van der Waals surface area (Å²) in [7, 11) is 1.88. The van der Waals surface area contributed by atoms with E-state index < -0.39 is 0 Å². The van der Waals surface area contributed by atoms with Crippen molar-refractivity contribution in [1.29, 1.82) is 0 Å². The van der Waals surface area contributed by atoms with Crippen LogP contribution in [0, 0.1) is 12.7 Å². The summed E-state index contributed by atoms with van der Waals surface area (Å²) in [6, 6.07) is 14.0. The molecule has 3 heterocycles. The van der Waals surface area contributed by atoms with Gasteiger partial charge in [0.25, 0.3) is 5.91 Å². The minimum absolute atomic E-state index is 0.00392. The summed E-state index contributed by atoms with van der Waals surface area (Å²) < 4.78 is 17.5. The van der Waals surface area contributed by atoms with Crippen molar-refractivity contribution < 1.29 is 9.18 Å². The summed E-state index contributed by atoms with van der Waals surface area (Å²) in [4.78, 5) is 26.2. The SMILES string of the molecule is Cc1cc(Nc2ccnc(Nc3ccc(C(=O)N(C)C4CCCN(Cc5csnn5)C4)cc3)n2)ccc1F. The smallest absolute Gasteiger partial charge is 0.253 e. The number of rotatable bonds is 8. The van der Waals surface area contributed by atoms with Crippen LogP contribution in [0.3, 0.4) is 0 Å². The van der Waals surface area contributed by atoms with E-state index in [1.807, 2.05) is 41.6 Å². The Morgan fingerprint density at radius 3 is 2.74 bits per heavy atom. The van der Waals surface area contributed by atoms with E-state index in [9.17, 15) is 9.18 Å². The molecule has 0 saturated carbocycles. The molecule has 1 aliphatic heterocycles. The number of halogens is 1. The van der Waals surface area contributed by atoms with Gasteiger partial charge in [-0.25, -0.2) is 9.37 Å². The van der Waals surface area contributed by atoms with Crippen LogP contribution in [0.15, 0.2) is 60.1 Å². The standard InChI is InChI=1S/C27H29FN8OS/c1-18-14-21(9-10-24(18)28)30-25-11-12-29-27(32-25)31-20-7-5-19(6-8-20)26(37)35(2)23-4-3-13-36(16-23)15-22-17-38-34-33-22/h5-12,14,17,23H,3-4,13,15-16H2,1-2H3,(H2,29,30,31,32). The van der Waals surface area contributed by atoms with Crippen molar-refractivity contribution in [2.75, 3.05) is 30.8 Å². The molecule has 9 nitrogen and oxygen atoms in total. The zero-order valence-corrected chi connectivity index (χ0v) is 22.1. The second-order valence-electron chi connectivity index (χ2n) is 9.40. The Hall–Kier alpha value is -3.96. The van der Waals surface area contributed by atoms with E-state index in [0.717, 1.165) is 49.5 Å². The molecule has 0 radical (unpaired) electrons. The fourth-order valence-electron chi connectivity index (χ4n) is 4.53. The Morgan fingerprint density at radius 2 is 1.97 bits per heavy atom. The van der Waals surface area contributed by atoms with Gasteiger partial charge in [-0.05, 0) is 91.9 Å². The minimum atomic E-state index is -0.251. The van der Waals surface area contributed by atoms with Crippen molar-refractivity contribution in [2.24, 2.45) is 0 Å². The molecule has 0 spiro atoms. The molecule has 196 valence electrons. The normalized spacial score (nSPS) is 15.7. The first-order valence-corrected chi connectivity index (χ1v) is 13.3. The monoisotopic (exact) mass is 532 g/mol. The third-order valence-corrected chi connectivity index (χ3v) is 7.17. The maximum Gasteiger partial charge on any atom is 0.253 e. The van der Waals surface area contributed by atoms with Crippen LogP contribution < -0.4 is 10.6 Å². The second kappa shape index (κ2) is 11.6. The van der Waals surface area contributed by atoms with Crippen molar-refractivity contribution in [1.82, 2.24) is 29.4 Å². The Labute approximate surface area is 224 Å². The van der Waals surface area contributed by atoms with E-state index >= 15 is 0 Å². The molecule has 0 bridgehead atoms. The number of hydrogen-bond acceptors (Lipinski definition) is 9. The highest BCUT2D eigenvalue weighted by molar-refractivity contribution is 7.03. The van der Waals surface area contributed by atoms with Gasteiger partial charge in [-0.15, -0.1) is 5.10 Å². The van der Waals surface area contributed by atoms with Crippen LogP contribution in [0.25, 0.3) is 0 Å². The molecular weight excluding hydrogens is 503 g/mol. The molecule has 4 aromatic rings. The van der Waals surface area contributed by atoms with E-state index in [4.69, 9.17) is 0 Å². The first-order chi connectivity index (χ1) is 18.4. The van der Waals surface area contributed by atoms with E-state index in [-0.39, 0.29) is 17.8 Å². The zero-order chi connectivity index (χ0) is 26.5. The van der Waals surface area contributed by atoms with Gasteiger partial charge in [-0.1, -0.05) is 4.49 Å². The van der Waals surface area contributed by atoms with Crippen LogP contribution in [-0.2, 0) is 6.54 Å². The molecule has 2 aromatic carbocycles. The van der Waals surface area contributed by atoms with Gasteiger partial charge in [0, 0.05) is 54.7 Å². The number of piperidine rings is 1. The third kappa shape index (κ3) is 6.29. The quantitative estimate of drug-likeness (QED) is 0.327. The Balaban J connectivity index is 1.19. The number of benzene rings is 2. The first-order valence-electron chi connectivity index (χ1n) is 12.4. The molecule has 1 aliphatic rings. The average molecular weight is 533 g/mol. The number of aromatic nitrogens is 4. The molecule has 2 aromatic heterocycles. The van der Waals surface area contributed by atoms with Crippen molar-refractivity contribution in [2.45, 2.75) is 32.4 Å². The largest absolute Gasteiger partial charge is 0.340 e. The van der Waals surface area contributed by atoms with E-state index in [1.165, 1.54) is 17.6 Å². The van der Waals surface area contributed by atoms with Crippen LogP contribution in [0.1, 0.15) is 34.5 Å². The lowest BCUT2D eigenvalue weighted by Crippen LogP contribution is -2.48. The Morgan fingerprint density at radius 1 is 1.16 bits per heavy atom. The topological polar surface area (TPSA) is 99.2 Å². The molecule has 1 fully saturated rings. The predicted octanol–water partition coefficient (Wildman–Crippen LogP) is 5.00. The number of carbonyl (C=O) groups excluding carboxylic acids is 1. The molecular formula is C27H29FN8OS. The maximum absolute atomic E-state index is 13.5. The van der Waals surface area contributed by atoms with Gasteiger partial charge in [-0.2, -0.15) is 4.98 Å². The van der Waals surface area contributed by atoms with E-state index in [2.05, 4.69) is 35.1 Å². The molecule has 1 unspecified atom stereocenters. The lowest BCUT2D eigenvalue weighted by molar-refractivity contribution is 0.0608. The number of carbonyl (C=O) groups is 1. The molecule has 5 rings (SSSR count). The first kappa shape index (κ1) is 25.7. The average Bonchev–Trinajstić information content (AvgIpc) is 3.44. The van der Waals surface area contributed by atoms with Gasteiger partial charge >= 0.3 is 0 Å². The van der Waals surface area contributed by atoms with E-state index in [1.54, 1.807) is 31.3 Å². The summed E-state index contributed by atoms with van der Waals surface area (Å²) in [5, 5.41) is 12.5. The molecule has 11 heteroatoms. The summed E-state index contributed by atoms with van der Waals surface area (Å²) in [5.74, 6) is 0.728. The van der Waals surface area contributed by atoms with Gasteiger partial charge in [-0.3, -0.25) is 9.69 Å². The van der Waals surface area contributed by atoms with Crippen LogP contribution in [-0.4, -0.2) is 61.4 Å². The summed E-state index contributed by atoms with van der Waals surface area (Å²) >= 11 is 1.36. The highest BCUT2D eigenvalue weighted by Gasteiger charge is 2.27. The highest BCUT2D eigenvalue weighted by atomic mass is 32.1. The van der Waals surface area contributed by atoms with Gasteiger partial charge < -0.3 is 15.5 Å². The zero-order valence-electron chi connectivity index (χ0n) is 21.3. The fourth-order valence-corrected chi connectivity index (χ4v) is 4.97. The number of anilines is 4. The lowest BCUT2D eigenvalue weighted by Gasteiger charge is -2.37. The molecule has 1 saturated heterocycles. The number of hydrogen-bond donors (Lipinski definition) is 2. The Bertz CT molecular complexity index is 1380. The molecule has 1 amide bonds. The van der Waals surface area contributed by atoms with Crippen LogP contribution >= 0.6 is 11.5 Å². The molecule has 2 N–H and O–H groups in total. The molecule has 0 aliphatic carbocycles. The number of nitrogens with one attached hydrogen (secondary N) is 2. The molecule has 1 atom stereocenters. The van der Waals surface area contributed by atoms with Crippen molar-refractivity contribution in [3.63, 3.8) is 0 Å². The van der Waals surface area contributed by atoms with Gasteiger partial charge in [0.2, 0.25) is 5.95 Å². The van der Waals surface area contributed by atoms with Crippen LogP contribution in [0.4, 0.5) is 27.5 Å².